The highest BCUT2D eigenvalue weighted by molar-refractivity contribution is 8.00. The lowest BCUT2D eigenvalue weighted by molar-refractivity contribution is -0.151. The van der Waals surface area contributed by atoms with E-state index in [2.05, 4.69) is 15.6 Å². The van der Waals surface area contributed by atoms with E-state index in [1.54, 1.807) is 0 Å². The SMILES string of the molecule is CC(=O)OCC1=C(C(=O)O)N2C(=O)[C@@H](NC(=O)Cc3ccc(C4=NCCCN4)cc3)[C@H]2SC1. The number of carbonyl (C=O) groups excluding carboxylic acids is 3. The van der Waals surface area contributed by atoms with E-state index in [1.807, 2.05) is 24.3 Å². The zero-order valence-corrected chi connectivity index (χ0v) is 18.8. The van der Waals surface area contributed by atoms with Crippen molar-refractivity contribution in [1.29, 1.82) is 0 Å². The number of fused-ring (bicyclic) bond motifs is 1. The number of aliphatic imine (C=N–C) groups is 1. The number of carboxylic acids is 1. The van der Waals surface area contributed by atoms with E-state index in [9.17, 15) is 24.3 Å². The molecule has 0 saturated carbocycles. The number of benzene rings is 1. The molecule has 3 aliphatic rings. The first-order valence-electron chi connectivity index (χ1n) is 10.6. The van der Waals surface area contributed by atoms with Crippen LogP contribution in [0, 0.1) is 0 Å². The Hall–Kier alpha value is -3.34. The average Bonchev–Trinajstić information content (AvgIpc) is 2.81. The molecule has 2 atom stereocenters. The van der Waals surface area contributed by atoms with Crippen molar-refractivity contribution in [3.63, 3.8) is 0 Å². The maximum Gasteiger partial charge on any atom is 0.352 e. The van der Waals surface area contributed by atoms with Crippen molar-refractivity contribution in [3.05, 3.63) is 46.7 Å². The summed E-state index contributed by atoms with van der Waals surface area (Å²) in [4.78, 5) is 53.7. The molecule has 0 aromatic heterocycles. The molecule has 1 saturated heterocycles. The maximum absolute atomic E-state index is 12.7. The lowest BCUT2D eigenvalue weighted by Gasteiger charge is -2.49. The van der Waals surface area contributed by atoms with Crippen LogP contribution in [-0.4, -0.2) is 76.5 Å². The number of aliphatic carboxylic acids is 1. The fourth-order valence-corrected chi connectivity index (χ4v) is 5.23. The van der Waals surface area contributed by atoms with Gasteiger partial charge in [0.15, 0.2) is 0 Å². The first kappa shape index (κ1) is 22.8. The molecule has 1 fully saturated rings. The van der Waals surface area contributed by atoms with E-state index in [0.29, 0.717) is 5.57 Å². The number of hydrogen-bond acceptors (Lipinski definition) is 8. The van der Waals surface area contributed by atoms with Crippen LogP contribution in [-0.2, 0) is 30.3 Å². The van der Waals surface area contributed by atoms with Crippen molar-refractivity contribution < 1.29 is 29.0 Å². The van der Waals surface area contributed by atoms with Crippen LogP contribution >= 0.6 is 11.8 Å². The largest absolute Gasteiger partial charge is 0.477 e. The molecule has 11 heteroatoms. The van der Waals surface area contributed by atoms with Gasteiger partial charge < -0.3 is 20.5 Å². The molecule has 0 spiro atoms. The summed E-state index contributed by atoms with van der Waals surface area (Å²) >= 11 is 1.33. The molecule has 2 amide bonds. The minimum atomic E-state index is -1.27. The monoisotopic (exact) mass is 472 g/mol. The van der Waals surface area contributed by atoms with E-state index in [1.165, 1.54) is 18.7 Å². The molecule has 3 heterocycles. The van der Waals surface area contributed by atoms with Gasteiger partial charge in [0.2, 0.25) is 5.91 Å². The number of ether oxygens (including phenoxy) is 1. The van der Waals surface area contributed by atoms with Gasteiger partial charge in [0.25, 0.3) is 5.91 Å². The Morgan fingerprint density at radius 1 is 1.30 bits per heavy atom. The highest BCUT2D eigenvalue weighted by Crippen LogP contribution is 2.40. The number of β-lactam (4-membered cyclic amide) rings is 1. The molecule has 0 aliphatic carbocycles. The zero-order chi connectivity index (χ0) is 23.5. The Morgan fingerprint density at radius 3 is 2.70 bits per heavy atom. The highest BCUT2D eigenvalue weighted by Gasteiger charge is 2.54. The Labute approximate surface area is 194 Å². The molecule has 4 rings (SSSR count). The van der Waals surface area contributed by atoms with Crippen LogP contribution in [0.5, 0.6) is 0 Å². The quantitative estimate of drug-likeness (QED) is 0.380. The topological polar surface area (TPSA) is 137 Å². The lowest BCUT2D eigenvalue weighted by Crippen LogP contribution is -2.70. The summed E-state index contributed by atoms with van der Waals surface area (Å²) in [7, 11) is 0. The molecule has 3 N–H and O–H groups in total. The average molecular weight is 473 g/mol. The first-order chi connectivity index (χ1) is 15.8. The number of rotatable bonds is 7. The summed E-state index contributed by atoms with van der Waals surface area (Å²) < 4.78 is 4.92. The van der Waals surface area contributed by atoms with Crippen molar-refractivity contribution in [1.82, 2.24) is 15.5 Å². The fraction of sp³-hybridized carbons (Fsp3) is 0.409. The summed E-state index contributed by atoms with van der Waals surface area (Å²) in [6.07, 6.45) is 1.11. The molecule has 174 valence electrons. The third-order valence-corrected chi connectivity index (χ3v) is 6.84. The summed E-state index contributed by atoms with van der Waals surface area (Å²) in [5.41, 5.74) is 1.93. The van der Waals surface area contributed by atoms with E-state index in [-0.39, 0.29) is 30.4 Å². The van der Waals surface area contributed by atoms with Gasteiger partial charge >= 0.3 is 11.9 Å². The molecular weight excluding hydrogens is 448 g/mol. The molecule has 1 aromatic rings. The number of carboxylic acid groups (broad SMARTS) is 1. The van der Waals surface area contributed by atoms with Crippen molar-refractivity contribution in [2.45, 2.75) is 31.2 Å². The minimum absolute atomic E-state index is 0.0979. The molecule has 0 unspecified atom stereocenters. The molecule has 10 nitrogen and oxygen atoms in total. The van der Waals surface area contributed by atoms with E-state index in [0.717, 1.165) is 41.4 Å². The smallest absolute Gasteiger partial charge is 0.352 e. The molecule has 0 bridgehead atoms. The van der Waals surface area contributed by atoms with Crippen LogP contribution in [0.2, 0.25) is 0 Å². The number of hydrogen-bond donors (Lipinski definition) is 3. The van der Waals surface area contributed by atoms with Gasteiger partial charge in [-0.25, -0.2) is 4.79 Å². The molecular formula is C22H24N4O6S. The van der Waals surface area contributed by atoms with E-state index < -0.39 is 29.3 Å². The highest BCUT2D eigenvalue weighted by atomic mass is 32.2. The van der Waals surface area contributed by atoms with Crippen molar-refractivity contribution in [3.8, 4) is 0 Å². The molecule has 3 aliphatic heterocycles. The van der Waals surface area contributed by atoms with Crippen LogP contribution in [0.3, 0.4) is 0 Å². The maximum atomic E-state index is 12.7. The van der Waals surface area contributed by atoms with E-state index >= 15 is 0 Å². The Kier molecular flexibility index (Phi) is 6.68. The van der Waals surface area contributed by atoms with Gasteiger partial charge in [-0.15, -0.1) is 11.8 Å². The van der Waals surface area contributed by atoms with Crippen LogP contribution in [0.4, 0.5) is 0 Å². The third-order valence-electron chi connectivity index (χ3n) is 5.51. The normalized spacial score (nSPS) is 21.9. The Balaban J connectivity index is 1.37. The van der Waals surface area contributed by atoms with Gasteiger partial charge in [0.1, 0.15) is 29.6 Å². The lowest BCUT2D eigenvalue weighted by atomic mass is 10.0. The van der Waals surface area contributed by atoms with Crippen LogP contribution in [0.25, 0.3) is 0 Å². The predicted octanol–water partition coefficient (Wildman–Crippen LogP) is 0.271. The van der Waals surface area contributed by atoms with Gasteiger partial charge in [0, 0.05) is 36.9 Å². The third kappa shape index (κ3) is 4.87. The van der Waals surface area contributed by atoms with Gasteiger partial charge in [-0.05, 0) is 12.0 Å². The molecule has 0 radical (unpaired) electrons. The number of amidine groups is 1. The van der Waals surface area contributed by atoms with Crippen LogP contribution < -0.4 is 10.6 Å². The van der Waals surface area contributed by atoms with Crippen molar-refractivity contribution >= 4 is 41.4 Å². The number of nitrogens with one attached hydrogen (secondary N) is 2. The Morgan fingerprint density at radius 2 is 2.06 bits per heavy atom. The Bertz CT molecular complexity index is 1050. The number of thioether (sulfide) groups is 1. The van der Waals surface area contributed by atoms with Gasteiger partial charge in [-0.3, -0.25) is 24.3 Å². The van der Waals surface area contributed by atoms with E-state index in [4.69, 9.17) is 4.74 Å². The summed E-state index contributed by atoms with van der Waals surface area (Å²) in [5, 5.41) is 15.1. The van der Waals surface area contributed by atoms with Gasteiger partial charge in [-0.1, -0.05) is 24.3 Å². The second-order valence-electron chi connectivity index (χ2n) is 7.88. The second kappa shape index (κ2) is 9.65. The first-order valence-corrected chi connectivity index (χ1v) is 11.6. The molecule has 1 aromatic carbocycles. The summed E-state index contributed by atoms with van der Waals surface area (Å²) in [6.45, 7) is 2.73. The minimum Gasteiger partial charge on any atom is -0.477 e. The fourth-order valence-electron chi connectivity index (χ4n) is 3.90. The van der Waals surface area contributed by atoms with Crippen molar-refractivity contribution in [2.24, 2.45) is 4.99 Å². The number of carbonyl (C=O) groups is 4. The number of amides is 2. The molecule has 33 heavy (non-hydrogen) atoms. The second-order valence-corrected chi connectivity index (χ2v) is 8.98. The van der Waals surface area contributed by atoms with Gasteiger partial charge in [-0.2, -0.15) is 0 Å². The van der Waals surface area contributed by atoms with Crippen LogP contribution in [0.1, 0.15) is 24.5 Å². The number of nitrogens with zero attached hydrogens (tertiary/aromatic N) is 2. The summed E-state index contributed by atoms with van der Waals surface area (Å²) in [6, 6.07) is 6.71. The standard InChI is InChI=1S/C22H24N4O6S/c1-12(27)32-10-15-11-33-21-17(20(29)26(21)18(15)22(30)31)25-16(28)9-13-3-5-14(6-4-13)19-23-7-2-8-24-19/h3-6,17,21H,2,7-11H2,1H3,(H,23,24)(H,25,28)(H,30,31)/t17-,21-/m1/s1. The predicted molar refractivity (Wildman–Crippen MR) is 120 cm³/mol. The number of esters is 1. The zero-order valence-electron chi connectivity index (χ0n) is 18.0. The van der Waals surface area contributed by atoms with Crippen LogP contribution in [0.15, 0.2) is 40.5 Å². The summed E-state index contributed by atoms with van der Waals surface area (Å²) in [5.74, 6) is -1.47. The van der Waals surface area contributed by atoms with Crippen molar-refractivity contribution in [2.75, 3.05) is 25.4 Å². The van der Waals surface area contributed by atoms with Gasteiger partial charge in [0.05, 0.1) is 6.42 Å².